The first-order valence-corrected chi connectivity index (χ1v) is 8.58. The SMILES string of the molecule is COc1ccccc1-c1ccc(SCc2c(F)cccc2Cl)nn1. The van der Waals surface area contributed by atoms with E-state index in [2.05, 4.69) is 10.2 Å². The van der Waals surface area contributed by atoms with Crippen molar-refractivity contribution in [1.82, 2.24) is 10.2 Å². The zero-order chi connectivity index (χ0) is 16.9. The lowest BCUT2D eigenvalue weighted by Crippen LogP contribution is -1.94. The number of hydrogen-bond acceptors (Lipinski definition) is 4. The second kappa shape index (κ2) is 7.64. The van der Waals surface area contributed by atoms with Crippen LogP contribution in [-0.4, -0.2) is 17.3 Å². The minimum atomic E-state index is -0.311. The molecule has 1 heterocycles. The van der Waals surface area contributed by atoms with Gasteiger partial charge in [-0.25, -0.2) is 4.39 Å². The molecule has 0 aliphatic heterocycles. The summed E-state index contributed by atoms with van der Waals surface area (Å²) in [4.78, 5) is 0. The number of halogens is 2. The molecule has 0 amide bonds. The molecule has 1 aromatic heterocycles. The summed E-state index contributed by atoms with van der Waals surface area (Å²) in [5.74, 6) is 0.827. The highest BCUT2D eigenvalue weighted by molar-refractivity contribution is 7.98. The van der Waals surface area contributed by atoms with Crippen LogP contribution in [0.5, 0.6) is 5.75 Å². The van der Waals surface area contributed by atoms with Gasteiger partial charge in [-0.05, 0) is 36.4 Å². The molecule has 0 saturated heterocycles. The van der Waals surface area contributed by atoms with Gasteiger partial charge in [0.25, 0.3) is 0 Å². The average molecular weight is 361 g/mol. The van der Waals surface area contributed by atoms with Crippen molar-refractivity contribution in [3.63, 3.8) is 0 Å². The van der Waals surface area contributed by atoms with Crippen LogP contribution >= 0.6 is 23.4 Å². The van der Waals surface area contributed by atoms with Crippen LogP contribution in [0.3, 0.4) is 0 Å². The molecule has 0 unspecified atom stereocenters. The first-order valence-electron chi connectivity index (χ1n) is 7.22. The number of aromatic nitrogens is 2. The molecule has 0 atom stereocenters. The summed E-state index contributed by atoms with van der Waals surface area (Å²) in [7, 11) is 1.62. The van der Waals surface area contributed by atoms with Crippen molar-refractivity contribution in [2.75, 3.05) is 7.11 Å². The molecule has 24 heavy (non-hydrogen) atoms. The van der Waals surface area contributed by atoms with E-state index in [4.69, 9.17) is 16.3 Å². The van der Waals surface area contributed by atoms with Crippen LogP contribution in [0.15, 0.2) is 59.6 Å². The summed E-state index contributed by atoms with van der Waals surface area (Å²) >= 11 is 7.42. The number of benzene rings is 2. The molecule has 3 rings (SSSR count). The Kier molecular flexibility index (Phi) is 5.33. The van der Waals surface area contributed by atoms with Gasteiger partial charge in [0.2, 0.25) is 0 Å². The lowest BCUT2D eigenvalue weighted by Gasteiger charge is -2.08. The molecule has 0 aliphatic carbocycles. The van der Waals surface area contributed by atoms with Crippen molar-refractivity contribution < 1.29 is 9.13 Å². The molecular weight excluding hydrogens is 347 g/mol. The Morgan fingerprint density at radius 2 is 1.88 bits per heavy atom. The largest absolute Gasteiger partial charge is 0.496 e. The summed E-state index contributed by atoms with van der Waals surface area (Å²) in [5, 5.41) is 9.55. The van der Waals surface area contributed by atoms with Gasteiger partial charge in [-0.2, -0.15) is 0 Å². The number of rotatable bonds is 5. The van der Waals surface area contributed by atoms with Crippen molar-refractivity contribution >= 4 is 23.4 Å². The van der Waals surface area contributed by atoms with Gasteiger partial charge in [-0.15, -0.1) is 10.2 Å². The van der Waals surface area contributed by atoms with Crippen LogP contribution < -0.4 is 4.74 Å². The first kappa shape index (κ1) is 16.7. The van der Waals surface area contributed by atoms with Crippen LogP contribution in [0.25, 0.3) is 11.3 Å². The van der Waals surface area contributed by atoms with E-state index in [1.54, 1.807) is 19.2 Å². The molecule has 6 heteroatoms. The highest BCUT2D eigenvalue weighted by Gasteiger charge is 2.10. The van der Waals surface area contributed by atoms with Crippen LogP contribution in [0, 0.1) is 5.82 Å². The number of nitrogens with zero attached hydrogens (tertiary/aromatic N) is 2. The predicted molar refractivity (Wildman–Crippen MR) is 95.0 cm³/mol. The van der Waals surface area contributed by atoms with Gasteiger partial charge in [-0.1, -0.05) is 41.6 Å². The maximum atomic E-state index is 13.8. The molecule has 0 N–H and O–H groups in total. The van der Waals surface area contributed by atoms with Crippen LogP contribution in [0.2, 0.25) is 5.02 Å². The normalized spacial score (nSPS) is 10.6. The Morgan fingerprint density at radius 1 is 1.04 bits per heavy atom. The summed E-state index contributed by atoms with van der Waals surface area (Å²) in [5.41, 5.74) is 2.07. The van der Waals surface area contributed by atoms with Gasteiger partial charge in [0, 0.05) is 21.9 Å². The Hall–Kier alpha value is -2.11. The zero-order valence-electron chi connectivity index (χ0n) is 12.9. The maximum absolute atomic E-state index is 13.8. The van der Waals surface area contributed by atoms with Crippen LogP contribution in [0.4, 0.5) is 4.39 Å². The summed E-state index contributed by atoms with van der Waals surface area (Å²) in [6, 6.07) is 16.0. The fourth-order valence-electron chi connectivity index (χ4n) is 2.21. The molecule has 0 saturated carbocycles. The van der Waals surface area contributed by atoms with Crippen LogP contribution in [-0.2, 0) is 5.75 Å². The molecule has 0 aliphatic rings. The lowest BCUT2D eigenvalue weighted by atomic mass is 10.1. The van der Waals surface area contributed by atoms with Gasteiger partial charge in [-0.3, -0.25) is 0 Å². The van der Waals surface area contributed by atoms with Gasteiger partial charge in [0.05, 0.1) is 12.8 Å². The predicted octanol–water partition coefficient (Wildman–Crippen LogP) is 5.24. The third-order valence-electron chi connectivity index (χ3n) is 3.45. The highest BCUT2D eigenvalue weighted by atomic mass is 35.5. The van der Waals surface area contributed by atoms with Crippen molar-refractivity contribution in [2.24, 2.45) is 0 Å². The minimum Gasteiger partial charge on any atom is -0.496 e. The topological polar surface area (TPSA) is 35.0 Å². The number of ether oxygens (including phenoxy) is 1. The standard InChI is InChI=1S/C18H14ClFN2OS/c1-23-17-8-3-2-5-12(17)16-9-10-18(22-21-16)24-11-13-14(19)6-4-7-15(13)20/h2-10H,11H2,1H3. The zero-order valence-corrected chi connectivity index (χ0v) is 14.4. The van der Waals surface area contributed by atoms with Crippen molar-refractivity contribution in [3.05, 3.63) is 71.0 Å². The number of thioether (sulfide) groups is 1. The van der Waals surface area contributed by atoms with Crippen molar-refractivity contribution in [3.8, 4) is 17.0 Å². The maximum Gasteiger partial charge on any atom is 0.128 e. The van der Waals surface area contributed by atoms with Gasteiger partial charge in [0.1, 0.15) is 16.6 Å². The lowest BCUT2D eigenvalue weighted by molar-refractivity contribution is 0.416. The Morgan fingerprint density at radius 3 is 2.58 bits per heavy atom. The Balaban J connectivity index is 1.76. The molecule has 0 fully saturated rings. The molecule has 0 radical (unpaired) electrons. The second-order valence-corrected chi connectivity index (χ2v) is 6.35. The van der Waals surface area contributed by atoms with E-state index in [1.165, 1.54) is 17.8 Å². The summed E-state index contributed by atoms with van der Waals surface area (Å²) in [6.45, 7) is 0. The average Bonchev–Trinajstić information content (AvgIpc) is 2.62. The molecule has 0 bridgehead atoms. The second-order valence-electron chi connectivity index (χ2n) is 4.95. The van der Waals surface area contributed by atoms with Gasteiger partial charge in [0.15, 0.2) is 0 Å². The van der Waals surface area contributed by atoms with E-state index >= 15 is 0 Å². The number of para-hydroxylation sites is 1. The molecule has 122 valence electrons. The summed E-state index contributed by atoms with van der Waals surface area (Å²) in [6.07, 6.45) is 0. The molecule has 3 nitrogen and oxygen atoms in total. The van der Waals surface area contributed by atoms with E-state index in [9.17, 15) is 4.39 Å². The van der Waals surface area contributed by atoms with Crippen molar-refractivity contribution in [1.29, 1.82) is 0 Å². The smallest absolute Gasteiger partial charge is 0.128 e. The Bertz CT molecular complexity index is 822. The fourth-order valence-corrected chi connectivity index (χ4v) is 3.37. The van der Waals surface area contributed by atoms with Crippen molar-refractivity contribution in [2.45, 2.75) is 10.8 Å². The Labute approximate surface area is 148 Å². The fraction of sp³-hybridized carbons (Fsp3) is 0.111. The van der Waals surface area contributed by atoms with E-state index in [0.717, 1.165) is 17.0 Å². The third-order valence-corrected chi connectivity index (χ3v) is 4.75. The number of methoxy groups -OCH3 is 1. The monoisotopic (exact) mass is 360 g/mol. The molecular formula is C18H14ClFN2OS. The van der Waals surface area contributed by atoms with E-state index in [0.29, 0.717) is 21.4 Å². The summed E-state index contributed by atoms with van der Waals surface area (Å²) < 4.78 is 19.1. The quantitative estimate of drug-likeness (QED) is 0.583. The van der Waals surface area contributed by atoms with E-state index < -0.39 is 0 Å². The van der Waals surface area contributed by atoms with E-state index in [-0.39, 0.29) is 5.82 Å². The van der Waals surface area contributed by atoms with Gasteiger partial charge >= 0.3 is 0 Å². The molecule has 3 aromatic rings. The third kappa shape index (κ3) is 3.68. The number of hydrogen-bond donors (Lipinski definition) is 0. The van der Waals surface area contributed by atoms with Crippen LogP contribution in [0.1, 0.15) is 5.56 Å². The van der Waals surface area contributed by atoms with E-state index in [1.807, 2.05) is 36.4 Å². The highest BCUT2D eigenvalue weighted by Crippen LogP contribution is 2.30. The molecule has 2 aromatic carbocycles. The van der Waals surface area contributed by atoms with Gasteiger partial charge < -0.3 is 4.74 Å². The first-order chi connectivity index (χ1) is 11.7. The molecule has 0 spiro atoms. The minimum absolute atomic E-state index is 0.311.